The molecule has 0 unspecified atom stereocenters. The molecule has 1 fully saturated rings. The summed E-state index contributed by atoms with van der Waals surface area (Å²) in [7, 11) is -3.05. The number of sulfonamides is 1. The summed E-state index contributed by atoms with van der Waals surface area (Å²) in [6.07, 6.45) is 3.24. The number of pyridine rings is 1. The van der Waals surface area contributed by atoms with Crippen LogP contribution in [0.4, 0.5) is 0 Å². The Balaban J connectivity index is 1.86. The predicted octanol–water partition coefficient (Wildman–Crippen LogP) is 0.494. The van der Waals surface area contributed by atoms with Gasteiger partial charge >= 0.3 is 0 Å². The highest BCUT2D eigenvalue weighted by Crippen LogP contribution is 2.19. The Morgan fingerprint density at radius 3 is 2.88 bits per heavy atom. The molecule has 0 aromatic carbocycles. The second-order valence-electron chi connectivity index (χ2n) is 3.65. The first-order valence-electron chi connectivity index (χ1n) is 5.16. The molecule has 1 aromatic heterocycles. The standard InChI is InChI=1S/C10H14N2O3S/c1-2-16(13,14)12-7-10(8-12)15-9-4-3-5-11-6-9/h3-6,10H,2,7-8H2,1H3. The molecule has 0 atom stereocenters. The molecule has 88 valence electrons. The minimum Gasteiger partial charge on any atom is -0.486 e. The fourth-order valence-corrected chi connectivity index (χ4v) is 2.65. The third-order valence-corrected chi connectivity index (χ3v) is 4.32. The van der Waals surface area contributed by atoms with Gasteiger partial charge in [0.15, 0.2) is 0 Å². The lowest BCUT2D eigenvalue weighted by molar-refractivity contribution is 0.0760. The Labute approximate surface area is 95.1 Å². The molecular weight excluding hydrogens is 228 g/mol. The third kappa shape index (κ3) is 2.33. The molecule has 1 aliphatic rings. The Bertz CT molecular complexity index is 440. The van der Waals surface area contributed by atoms with Gasteiger partial charge in [-0.25, -0.2) is 8.42 Å². The van der Waals surface area contributed by atoms with Gasteiger partial charge in [0, 0.05) is 6.20 Å². The Hall–Kier alpha value is -1.14. The number of hydrogen-bond donors (Lipinski definition) is 0. The van der Waals surface area contributed by atoms with Crippen LogP contribution in [-0.2, 0) is 10.0 Å². The molecule has 0 amide bonds. The van der Waals surface area contributed by atoms with E-state index in [-0.39, 0.29) is 11.9 Å². The molecule has 0 radical (unpaired) electrons. The van der Waals surface area contributed by atoms with Gasteiger partial charge in [0.25, 0.3) is 0 Å². The minimum absolute atomic E-state index is 0.0504. The van der Waals surface area contributed by atoms with Crippen LogP contribution >= 0.6 is 0 Å². The maximum absolute atomic E-state index is 11.4. The molecule has 16 heavy (non-hydrogen) atoms. The van der Waals surface area contributed by atoms with Crippen LogP contribution in [0.2, 0.25) is 0 Å². The summed E-state index contributed by atoms with van der Waals surface area (Å²) in [5, 5.41) is 0. The lowest BCUT2D eigenvalue weighted by Crippen LogP contribution is -2.56. The highest BCUT2D eigenvalue weighted by molar-refractivity contribution is 7.89. The van der Waals surface area contributed by atoms with E-state index < -0.39 is 10.0 Å². The van der Waals surface area contributed by atoms with Gasteiger partial charge in [0.2, 0.25) is 10.0 Å². The van der Waals surface area contributed by atoms with Crippen LogP contribution in [0.3, 0.4) is 0 Å². The molecule has 0 aliphatic carbocycles. The molecule has 0 bridgehead atoms. The van der Waals surface area contributed by atoms with E-state index in [2.05, 4.69) is 4.98 Å². The van der Waals surface area contributed by atoms with Crippen LogP contribution in [0.5, 0.6) is 5.75 Å². The minimum atomic E-state index is -3.05. The van der Waals surface area contributed by atoms with E-state index >= 15 is 0 Å². The van der Waals surface area contributed by atoms with Crippen molar-refractivity contribution in [2.45, 2.75) is 13.0 Å². The molecule has 0 N–H and O–H groups in total. The van der Waals surface area contributed by atoms with Crippen LogP contribution in [0.1, 0.15) is 6.92 Å². The van der Waals surface area contributed by atoms with Crippen molar-refractivity contribution in [3.8, 4) is 5.75 Å². The molecule has 1 aliphatic heterocycles. The van der Waals surface area contributed by atoms with E-state index in [1.807, 2.05) is 6.07 Å². The van der Waals surface area contributed by atoms with Gasteiger partial charge in [0.1, 0.15) is 11.9 Å². The van der Waals surface area contributed by atoms with E-state index in [1.54, 1.807) is 25.4 Å². The number of ether oxygens (including phenoxy) is 1. The Morgan fingerprint density at radius 1 is 1.56 bits per heavy atom. The second-order valence-corrected chi connectivity index (χ2v) is 5.90. The van der Waals surface area contributed by atoms with Crippen LogP contribution in [0.15, 0.2) is 24.5 Å². The van der Waals surface area contributed by atoms with Crippen molar-refractivity contribution >= 4 is 10.0 Å². The summed E-state index contributed by atoms with van der Waals surface area (Å²) in [6.45, 7) is 2.51. The highest BCUT2D eigenvalue weighted by atomic mass is 32.2. The number of nitrogens with zero attached hydrogens (tertiary/aromatic N) is 2. The average Bonchev–Trinajstić information content (AvgIpc) is 2.24. The SMILES string of the molecule is CCS(=O)(=O)N1CC(Oc2cccnc2)C1. The molecule has 6 heteroatoms. The predicted molar refractivity (Wildman–Crippen MR) is 59.7 cm³/mol. The molecule has 5 nitrogen and oxygen atoms in total. The monoisotopic (exact) mass is 242 g/mol. The van der Waals surface area contributed by atoms with Gasteiger partial charge in [-0.2, -0.15) is 4.31 Å². The number of aromatic nitrogens is 1. The van der Waals surface area contributed by atoms with E-state index in [4.69, 9.17) is 4.74 Å². The molecule has 2 rings (SSSR count). The average molecular weight is 242 g/mol. The highest BCUT2D eigenvalue weighted by Gasteiger charge is 2.36. The van der Waals surface area contributed by atoms with Crippen LogP contribution < -0.4 is 4.74 Å². The molecule has 1 aromatic rings. The normalized spacial score (nSPS) is 18.1. The van der Waals surface area contributed by atoms with Crippen molar-refractivity contribution in [1.29, 1.82) is 0 Å². The Kier molecular flexibility index (Phi) is 3.11. The first-order chi connectivity index (χ1) is 7.62. The van der Waals surface area contributed by atoms with Gasteiger partial charge in [-0.05, 0) is 19.1 Å². The second kappa shape index (κ2) is 4.39. The molecule has 0 saturated carbocycles. The van der Waals surface area contributed by atoms with E-state index in [9.17, 15) is 8.42 Å². The number of rotatable bonds is 4. The van der Waals surface area contributed by atoms with Crippen LogP contribution in [-0.4, -0.2) is 42.7 Å². The lowest BCUT2D eigenvalue weighted by atomic mass is 10.2. The quantitative estimate of drug-likeness (QED) is 0.771. The van der Waals surface area contributed by atoms with Crippen molar-refractivity contribution in [2.24, 2.45) is 0 Å². The van der Waals surface area contributed by atoms with Crippen molar-refractivity contribution < 1.29 is 13.2 Å². The molecule has 1 saturated heterocycles. The largest absolute Gasteiger partial charge is 0.486 e. The molecule has 2 heterocycles. The number of hydrogen-bond acceptors (Lipinski definition) is 4. The third-order valence-electron chi connectivity index (χ3n) is 2.51. The zero-order valence-electron chi connectivity index (χ0n) is 9.04. The first-order valence-corrected chi connectivity index (χ1v) is 6.77. The van der Waals surface area contributed by atoms with Crippen LogP contribution in [0.25, 0.3) is 0 Å². The fourth-order valence-electron chi connectivity index (χ4n) is 1.49. The summed E-state index contributed by atoms with van der Waals surface area (Å²) < 4.78 is 29.9. The smallest absolute Gasteiger partial charge is 0.214 e. The van der Waals surface area contributed by atoms with Crippen molar-refractivity contribution in [1.82, 2.24) is 9.29 Å². The van der Waals surface area contributed by atoms with Crippen molar-refractivity contribution in [3.05, 3.63) is 24.5 Å². The van der Waals surface area contributed by atoms with Gasteiger partial charge < -0.3 is 4.74 Å². The van der Waals surface area contributed by atoms with Gasteiger partial charge in [-0.1, -0.05) is 0 Å². The molecular formula is C10H14N2O3S. The maximum Gasteiger partial charge on any atom is 0.214 e. The summed E-state index contributed by atoms with van der Waals surface area (Å²) in [4.78, 5) is 3.92. The van der Waals surface area contributed by atoms with Gasteiger partial charge in [-0.15, -0.1) is 0 Å². The van der Waals surface area contributed by atoms with Gasteiger partial charge in [-0.3, -0.25) is 4.98 Å². The molecule has 0 spiro atoms. The summed E-state index contributed by atoms with van der Waals surface area (Å²) in [5.41, 5.74) is 0. The van der Waals surface area contributed by atoms with Crippen molar-refractivity contribution in [2.75, 3.05) is 18.8 Å². The topological polar surface area (TPSA) is 59.5 Å². The zero-order valence-corrected chi connectivity index (χ0v) is 9.85. The van der Waals surface area contributed by atoms with E-state index in [1.165, 1.54) is 4.31 Å². The zero-order chi connectivity index (χ0) is 11.6. The summed E-state index contributed by atoms with van der Waals surface area (Å²) >= 11 is 0. The maximum atomic E-state index is 11.4. The van der Waals surface area contributed by atoms with Crippen molar-refractivity contribution in [3.63, 3.8) is 0 Å². The van der Waals surface area contributed by atoms with E-state index in [0.717, 1.165) is 0 Å². The lowest BCUT2D eigenvalue weighted by Gasteiger charge is -2.37. The summed E-state index contributed by atoms with van der Waals surface area (Å²) in [5.74, 6) is 0.827. The summed E-state index contributed by atoms with van der Waals surface area (Å²) in [6, 6.07) is 3.60. The van der Waals surface area contributed by atoms with Crippen LogP contribution in [0, 0.1) is 0 Å². The first kappa shape index (κ1) is 11.3. The van der Waals surface area contributed by atoms with Gasteiger partial charge in [0.05, 0.1) is 25.0 Å². The Morgan fingerprint density at radius 2 is 2.31 bits per heavy atom. The van der Waals surface area contributed by atoms with E-state index in [0.29, 0.717) is 18.8 Å². The fraction of sp³-hybridized carbons (Fsp3) is 0.500.